The lowest BCUT2D eigenvalue weighted by Crippen LogP contribution is -2.46. The van der Waals surface area contributed by atoms with Gasteiger partial charge in [-0.1, -0.05) is 67.7 Å². The van der Waals surface area contributed by atoms with Gasteiger partial charge in [0, 0.05) is 12.6 Å². The second-order valence-electron chi connectivity index (χ2n) is 10.3. The Bertz CT molecular complexity index is 1120. The molecular weight excluding hydrogens is 457 g/mol. The summed E-state index contributed by atoms with van der Waals surface area (Å²) in [5, 5.41) is 16.3. The molecule has 2 heterocycles. The third-order valence-electron chi connectivity index (χ3n) is 7.97. The highest BCUT2D eigenvalue weighted by Crippen LogP contribution is 2.43. The molecule has 7 heteroatoms. The summed E-state index contributed by atoms with van der Waals surface area (Å²) in [6.45, 7) is 4.24. The minimum absolute atomic E-state index is 0.0450. The number of hydrogen-bond acceptors (Lipinski definition) is 6. The van der Waals surface area contributed by atoms with Gasteiger partial charge in [0.2, 0.25) is 11.7 Å². The molecule has 36 heavy (non-hydrogen) atoms. The van der Waals surface area contributed by atoms with Gasteiger partial charge in [-0.05, 0) is 61.8 Å². The molecule has 2 aromatic carbocycles. The van der Waals surface area contributed by atoms with E-state index in [1.165, 1.54) is 18.6 Å². The monoisotopic (exact) mass is 493 g/mol. The summed E-state index contributed by atoms with van der Waals surface area (Å²) in [5.41, 5.74) is -0.446. The van der Waals surface area contributed by atoms with E-state index in [2.05, 4.69) is 17.0 Å². The van der Waals surface area contributed by atoms with Crippen molar-refractivity contribution in [1.29, 1.82) is 0 Å². The zero-order chi connectivity index (χ0) is 25.0. The van der Waals surface area contributed by atoms with E-state index in [0.29, 0.717) is 36.5 Å². The Balaban J connectivity index is 1.32. The van der Waals surface area contributed by atoms with Gasteiger partial charge < -0.3 is 14.4 Å². The number of benzene rings is 2. The lowest BCUT2D eigenvalue weighted by molar-refractivity contribution is -0.0101. The normalized spacial score (nSPS) is 23.3. The summed E-state index contributed by atoms with van der Waals surface area (Å²) in [4.78, 5) is 6.97. The summed E-state index contributed by atoms with van der Waals surface area (Å²) >= 11 is 0. The van der Waals surface area contributed by atoms with E-state index in [1.54, 1.807) is 12.1 Å². The Hall–Kier alpha value is -2.77. The summed E-state index contributed by atoms with van der Waals surface area (Å²) in [6.07, 6.45) is 7.23. The smallest absolute Gasteiger partial charge is 0.240 e. The molecular formula is C29H36FN3O3. The zero-order valence-electron chi connectivity index (χ0n) is 21.0. The van der Waals surface area contributed by atoms with Gasteiger partial charge in [0.05, 0.1) is 6.54 Å². The average molecular weight is 494 g/mol. The molecule has 2 aliphatic rings. The Morgan fingerprint density at radius 2 is 1.89 bits per heavy atom. The fraction of sp³-hybridized carbons (Fsp3) is 0.517. The van der Waals surface area contributed by atoms with Crippen LogP contribution in [0.2, 0.25) is 0 Å². The van der Waals surface area contributed by atoms with Gasteiger partial charge in [0.1, 0.15) is 17.7 Å². The molecule has 1 saturated heterocycles. The van der Waals surface area contributed by atoms with Crippen LogP contribution in [-0.2, 0) is 12.1 Å². The van der Waals surface area contributed by atoms with Gasteiger partial charge >= 0.3 is 0 Å². The highest BCUT2D eigenvalue weighted by molar-refractivity contribution is 5.30. The molecule has 0 radical (unpaired) electrons. The van der Waals surface area contributed by atoms with Crippen LogP contribution in [0.5, 0.6) is 5.75 Å². The number of aromatic nitrogens is 2. The van der Waals surface area contributed by atoms with Crippen molar-refractivity contribution in [3.63, 3.8) is 0 Å². The Morgan fingerprint density at radius 3 is 2.64 bits per heavy atom. The predicted molar refractivity (Wildman–Crippen MR) is 135 cm³/mol. The van der Waals surface area contributed by atoms with E-state index >= 15 is 0 Å². The molecule has 0 amide bonds. The van der Waals surface area contributed by atoms with E-state index in [1.807, 2.05) is 30.3 Å². The first-order valence-electron chi connectivity index (χ1n) is 13.3. The van der Waals surface area contributed by atoms with Crippen LogP contribution in [0, 0.1) is 17.7 Å². The minimum Gasteiger partial charge on any atom is -0.489 e. The summed E-state index contributed by atoms with van der Waals surface area (Å²) in [5.74, 6) is 1.57. The standard InChI is InChI=1S/C29H36FN3O3/c1-2-21-16-17-33(19-26(21)35-25-15-9-14-24(30)18-25)20-27-31-28(32-36-27)29(34,22-10-5-3-6-11-22)23-12-7-4-8-13-23/h3,5-6,9-11,14-15,18,21,23,26,34H,2,4,7-8,12-13,16-17,19-20H2,1H3. The van der Waals surface area contributed by atoms with Crippen molar-refractivity contribution in [2.24, 2.45) is 11.8 Å². The van der Waals surface area contributed by atoms with Crippen LogP contribution in [0.4, 0.5) is 4.39 Å². The van der Waals surface area contributed by atoms with Crippen molar-refractivity contribution in [2.45, 2.75) is 70.1 Å². The topological polar surface area (TPSA) is 71.6 Å². The van der Waals surface area contributed by atoms with Crippen LogP contribution in [0.1, 0.15) is 69.1 Å². The van der Waals surface area contributed by atoms with E-state index in [9.17, 15) is 9.50 Å². The van der Waals surface area contributed by atoms with Crippen LogP contribution in [0.15, 0.2) is 59.1 Å². The highest BCUT2D eigenvalue weighted by Gasteiger charge is 2.44. The fourth-order valence-corrected chi connectivity index (χ4v) is 5.91. The minimum atomic E-state index is -1.26. The second kappa shape index (κ2) is 11.1. The molecule has 5 rings (SSSR count). The van der Waals surface area contributed by atoms with Crippen LogP contribution in [0.25, 0.3) is 0 Å². The molecule has 3 atom stereocenters. The van der Waals surface area contributed by atoms with Gasteiger partial charge in [0.15, 0.2) is 5.60 Å². The van der Waals surface area contributed by atoms with Gasteiger partial charge in [-0.25, -0.2) is 4.39 Å². The first kappa shape index (κ1) is 24.9. The van der Waals surface area contributed by atoms with Crippen molar-refractivity contribution in [2.75, 3.05) is 13.1 Å². The van der Waals surface area contributed by atoms with E-state index in [0.717, 1.165) is 50.6 Å². The number of ether oxygens (including phenoxy) is 1. The first-order chi connectivity index (χ1) is 17.6. The van der Waals surface area contributed by atoms with E-state index < -0.39 is 5.60 Å². The molecule has 0 spiro atoms. The molecule has 192 valence electrons. The highest BCUT2D eigenvalue weighted by atomic mass is 19.1. The fourth-order valence-electron chi connectivity index (χ4n) is 5.91. The zero-order valence-corrected chi connectivity index (χ0v) is 21.0. The molecule has 1 N–H and O–H groups in total. The number of aliphatic hydroxyl groups is 1. The van der Waals surface area contributed by atoms with E-state index in [-0.39, 0.29) is 17.8 Å². The SMILES string of the molecule is CCC1CCN(Cc2nc(C(O)(c3ccccc3)C3CCCCC3)no2)CC1Oc1cccc(F)c1. The largest absolute Gasteiger partial charge is 0.489 e. The maximum absolute atomic E-state index is 13.7. The lowest BCUT2D eigenvalue weighted by atomic mass is 9.73. The van der Waals surface area contributed by atoms with Crippen molar-refractivity contribution >= 4 is 0 Å². The summed E-state index contributed by atoms with van der Waals surface area (Å²) in [7, 11) is 0. The maximum atomic E-state index is 13.7. The van der Waals surface area contributed by atoms with Crippen molar-refractivity contribution in [3.05, 3.63) is 77.7 Å². The molecule has 2 fully saturated rings. The van der Waals surface area contributed by atoms with E-state index in [4.69, 9.17) is 14.2 Å². The Labute approximate surface area is 212 Å². The Kier molecular flexibility index (Phi) is 7.67. The summed E-state index contributed by atoms with van der Waals surface area (Å²) in [6, 6.07) is 16.1. The van der Waals surface area contributed by atoms with Crippen molar-refractivity contribution in [3.8, 4) is 5.75 Å². The lowest BCUT2D eigenvalue weighted by Gasteiger charge is -2.37. The first-order valence-corrected chi connectivity index (χ1v) is 13.3. The number of nitrogens with zero attached hydrogens (tertiary/aromatic N) is 3. The van der Waals surface area contributed by atoms with Gasteiger partial charge in [0.25, 0.3) is 0 Å². The molecule has 1 aliphatic carbocycles. The third kappa shape index (κ3) is 5.32. The average Bonchev–Trinajstić information content (AvgIpc) is 3.38. The van der Waals surface area contributed by atoms with Crippen LogP contribution >= 0.6 is 0 Å². The third-order valence-corrected chi connectivity index (χ3v) is 7.97. The van der Waals surface area contributed by atoms with Gasteiger partial charge in [-0.2, -0.15) is 4.98 Å². The molecule has 3 unspecified atom stereocenters. The van der Waals surface area contributed by atoms with Crippen molar-refractivity contribution in [1.82, 2.24) is 15.0 Å². The van der Waals surface area contributed by atoms with Gasteiger partial charge in [-0.3, -0.25) is 4.90 Å². The number of piperidine rings is 1. The number of likely N-dealkylation sites (tertiary alicyclic amines) is 1. The number of rotatable bonds is 8. The number of halogens is 1. The molecule has 1 aliphatic heterocycles. The quantitative estimate of drug-likeness (QED) is 0.434. The van der Waals surface area contributed by atoms with Crippen molar-refractivity contribution < 1.29 is 18.8 Å². The Morgan fingerprint density at radius 1 is 1.08 bits per heavy atom. The maximum Gasteiger partial charge on any atom is 0.240 e. The summed E-state index contributed by atoms with van der Waals surface area (Å²) < 4.78 is 25.6. The van der Waals surface area contributed by atoms with Gasteiger partial charge in [-0.15, -0.1) is 0 Å². The van der Waals surface area contributed by atoms with Crippen LogP contribution < -0.4 is 4.74 Å². The predicted octanol–water partition coefficient (Wildman–Crippen LogP) is 5.70. The molecule has 3 aromatic rings. The second-order valence-corrected chi connectivity index (χ2v) is 10.3. The van der Waals surface area contributed by atoms with Crippen LogP contribution in [-0.4, -0.2) is 39.3 Å². The molecule has 0 bridgehead atoms. The number of hydrogen-bond donors (Lipinski definition) is 1. The van der Waals surface area contributed by atoms with Crippen LogP contribution in [0.3, 0.4) is 0 Å². The molecule has 1 aromatic heterocycles. The molecule has 6 nitrogen and oxygen atoms in total. The molecule has 1 saturated carbocycles.